The lowest BCUT2D eigenvalue weighted by atomic mass is 10.1. The van der Waals surface area contributed by atoms with Crippen molar-refractivity contribution in [3.8, 4) is 0 Å². The molecule has 0 atom stereocenters. The molecule has 1 heterocycles. The van der Waals surface area contributed by atoms with Crippen LogP contribution < -0.4 is 16.0 Å². The molecule has 3 N–H and O–H groups in total. The van der Waals surface area contributed by atoms with Crippen LogP contribution in [0.5, 0.6) is 0 Å². The van der Waals surface area contributed by atoms with Gasteiger partial charge in [0.2, 0.25) is 0 Å². The first-order chi connectivity index (χ1) is 10.5. The zero-order valence-electron chi connectivity index (χ0n) is 12.1. The number of hydrogen-bond acceptors (Lipinski definition) is 4. The number of benzene rings is 1. The van der Waals surface area contributed by atoms with E-state index in [1.807, 2.05) is 0 Å². The largest absolute Gasteiger partial charge is 0.337 e. The molecule has 1 aliphatic heterocycles. The van der Waals surface area contributed by atoms with Crippen LogP contribution in [0, 0.1) is 5.82 Å². The van der Waals surface area contributed by atoms with Gasteiger partial charge in [-0.25, -0.2) is 17.6 Å². The van der Waals surface area contributed by atoms with E-state index >= 15 is 0 Å². The number of urea groups is 1. The molecule has 1 saturated heterocycles. The summed E-state index contributed by atoms with van der Waals surface area (Å²) < 4.78 is 36.8. The van der Waals surface area contributed by atoms with Gasteiger partial charge < -0.3 is 16.0 Å². The molecule has 0 saturated carbocycles. The molecular formula is C14H20FN3O3S. The Labute approximate surface area is 129 Å². The monoisotopic (exact) mass is 329 g/mol. The standard InChI is InChI=1S/C14H20FN3O3S/c15-11-1-3-13(4-2-11)22(20,21)10-9-17-14(19)18-12-5-7-16-8-6-12/h1-4,12,16H,5-10H2,(H2,17,18,19). The Hall–Kier alpha value is -1.67. The number of amides is 2. The quantitative estimate of drug-likeness (QED) is 0.692. The second kappa shape index (κ2) is 7.55. The normalized spacial score (nSPS) is 16.2. The molecular weight excluding hydrogens is 309 g/mol. The first-order valence-corrected chi connectivity index (χ1v) is 8.86. The zero-order valence-corrected chi connectivity index (χ0v) is 13.0. The summed E-state index contributed by atoms with van der Waals surface area (Å²) in [7, 11) is -3.52. The van der Waals surface area contributed by atoms with E-state index in [0.29, 0.717) is 0 Å². The van der Waals surface area contributed by atoms with Crippen molar-refractivity contribution < 1.29 is 17.6 Å². The molecule has 0 bridgehead atoms. The molecule has 0 aliphatic carbocycles. The van der Waals surface area contributed by atoms with Gasteiger partial charge in [0.15, 0.2) is 9.84 Å². The molecule has 6 nitrogen and oxygen atoms in total. The van der Waals surface area contributed by atoms with Crippen molar-refractivity contribution >= 4 is 15.9 Å². The molecule has 22 heavy (non-hydrogen) atoms. The van der Waals surface area contributed by atoms with Gasteiger partial charge in [0, 0.05) is 12.6 Å². The predicted molar refractivity (Wildman–Crippen MR) is 80.9 cm³/mol. The van der Waals surface area contributed by atoms with Crippen molar-refractivity contribution in [2.24, 2.45) is 0 Å². The van der Waals surface area contributed by atoms with Crippen molar-refractivity contribution in [3.63, 3.8) is 0 Å². The van der Waals surface area contributed by atoms with E-state index < -0.39 is 15.7 Å². The Bertz CT molecular complexity index is 598. The lowest BCUT2D eigenvalue weighted by molar-refractivity contribution is 0.234. The topological polar surface area (TPSA) is 87.3 Å². The highest BCUT2D eigenvalue weighted by Gasteiger charge is 2.17. The Morgan fingerprint density at radius 3 is 2.50 bits per heavy atom. The van der Waals surface area contributed by atoms with Crippen LogP contribution in [-0.2, 0) is 9.84 Å². The van der Waals surface area contributed by atoms with Gasteiger partial charge in [-0.05, 0) is 50.2 Å². The molecule has 8 heteroatoms. The van der Waals surface area contributed by atoms with Crippen LogP contribution in [-0.4, -0.2) is 45.9 Å². The number of sulfone groups is 1. The molecule has 2 rings (SSSR count). The molecule has 2 amide bonds. The summed E-state index contributed by atoms with van der Waals surface area (Å²) in [5.41, 5.74) is 0. The second-order valence-electron chi connectivity index (χ2n) is 5.20. The number of rotatable bonds is 5. The minimum absolute atomic E-state index is 0.0104. The van der Waals surface area contributed by atoms with Crippen molar-refractivity contribution in [2.45, 2.75) is 23.8 Å². The Morgan fingerprint density at radius 1 is 1.23 bits per heavy atom. The highest BCUT2D eigenvalue weighted by molar-refractivity contribution is 7.91. The highest BCUT2D eigenvalue weighted by atomic mass is 32.2. The van der Waals surface area contributed by atoms with Crippen LogP contribution in [0.2, 0.25) is 0 Å². The fourth-order valence-corrected chi connectivity index (χ4v) is 3.42. The summed E-state index contributed by atoms with van der Waals surface area (Å²) in [6, 6.07) is 4.41. The first-order valence-electron chi connectivity index (χ1n) is 7.21. The molecule has 0 unspecified atom stereocenters. The van der Waals surface area contributed by atoms with Crippen molar-refractivity contribution in [3.05, 3.63) is 30.1 Å². The van der Waals surface area contributed by atoms with Gasteiger partial charge in [-0.3, -0.25) is 0 Å². The van der Waals surface area contributed by atoms with Gasteiger partial charge in [0.05, 0.1) is 10.6 Å². The van der Waals surface area contributed by atoms with Crippen molar-refractivity contribution in [2.75, 3.05) is 25.4 Å². The molecule has 1 aromatic carbocycles. The van der Waals surface area contributed by atoms with E-state index in [1.165, 1.54) is 12.1 Å². The molecule has 0 spiro atoms. The van der Waals surface area contributed by atoms with Gasteiger partial charge in [0.1, 0.15) is 5.82 Å². The number of carbonyl (C=O) groups excluding carboxylic acids is 1. The second-order valence-corrected chi connectivity index (χ2v) is 7.31. The van der Waals surface area contributed by atoms with Crippen LogP contribution in [0.1, 0.15) is 12.8 Å². The summed E-state index contributed by atoms with van der Waals surface area (Å²) in [5.74, 6) is -0.712. The summed E-state index contributed by atoms with van der Waals surface area (Å²) in [5, 5.41) is 8.56. The molecule has 0 radical (unpaired) electrons. The van der Waals surface area contributed by atoms with Crippen LogP contribution in [0.3, 0.4) is 0 Å². The Balaban J connectivity index is 1.77. The smallest absolute Gasteiger partial charge is 0.315 e. The van der Waals surface area contributed by atoms with Gasteiger partial charge >= 0.3 is 6.03 Å². The van der Waals surface area contributed by atoms with Crippen molar-refractivity contribution in [1.29, 1.82) is 0 Å². The van der Waals surface area contributed by atoms with Gasteiger partial charge in [-0.2, -0.15) is 0 Å². The fourth-order valence-electron chi connectivity index (χ4n) is 2.26. The lowest BCUT2D eigenvalue weighted by Gasteiger charge is -2.23. The predicted octanol–water partition coefficient (Wildman–Crippen LogP) is 0.651. The fraction of sp³-hybridized carbons (Fsp3) is 0.500. The number of halogens is 1. The Morgan fingerprint density at radius 2 is 1.86 bits per heavy atom. The number of piperidine rings is 1. The maximum absolute atomic E-state index is 12.8. The SMILES string of the molecule is O=C(NCCS(=O)(=O)c1ccc(F)cc1)NC1CCNCC1. The summed E-state index contributed by atoms with van der Waals surface area (Å²) >= 11 is 0. The minimum atomic E-state index is -3.52. The zero-order chi connectivity index (χ0) is 16.0. The minimum Gasteiger partial charge on any atom is -0.337 e. The van der Waals surface area contributed by atoms with E-state index in [9.17, 15) is 17.6 Å². The van der Waals surface area contributed by atoms with Crippen LogP contribution in [0.4, 0.5) is 9.18 Å². The first kappa shape index (κ1) is 16.7. The summed E-state index contributed by atoms with van der Waals surface area (Å²) in [4.78, 5) is 11.7. The third kappa shape index (κ3) is 4.96. The molecule has 1 aromatic rings. The lowest BCUT2D eigenvalue weighted by Crippen LogP contribution is -2.47. The van der Waals surface area contributed by atoms with Crippen LogP contribution in [0.25, 0.3) is 0 Å². The average Bonchev–Trinajstić information content (AvgIpc) is 2.48. The van der Waals surface area contributed by atoms with Gasteiger partial charge in [0.25, 0.3) is 0 Å². The molecule has 0 aromatic heterocycles. The number of carbonyl (C=O) groups is 1. The summed E-state index contributed by atoms with van der Waals surface area (Å²) in [6.07, 6.45) is 1.72. The molecule has 122 valence electrons. The third-order valence-corrected chi connectivity index (χ3v) is 5.24. The number of hydrogen-bond donors (Lipinski definition) is 3. The maximum atomic E-state index is 12.8. The van der Waals surface area contributed by atoms with E-state index in [0.717, 1.165) is 38.1 Å². The number of nitrogens with one attached hydrogen (secondary N) is 3. The Kier molecular flexibility index (Phi) is 5.73. The van der Waals surface area contributed by atoms with E-state index in [-0.39, 0.29) is 29.3 Å². The average molecular weight is 329 g/mol. The molecule has 1 aliphatic rings. The third-order valence-electron chi connectivity index (χ3n) is 3.50. The van der Waals surface area contributed by atoms with Crippen molar-refractivity contribution in [1.82, 2.24) is 16.0 Å². The maximum Gasteiger partial charge on any atom is 0.315 e. The van der Waals surface area contributed by atoms with E-state index in [1.54, 1.807) is 0 Å². The highest BCUT2D eigenvalue weighted by Crippen LogP contribution is 2.11. The molecule has 1 fully saturated rings. The van der Waals surface area contributed by atoms with Crippen LogP contribution in [0.15, 0.2) is 29.2 Å². The van der Waals surface area contributed by atoms with Crippen LogP contribution >= 0.6 is 0 Å². The van der Waals surface area contributed by atoms with Gasteiger partial charge in [-0.1, -0.05) is 0 Å². The van der Waals surface area contributed by atoms with E-state index in [4.69, 9.17) is 0 Å². The van der Waals surface area contributed by atoms with Gasteiger partial charge in [-0.15, -0.1) is 0 Å². The van der Waals surface area contributed by atoms with E-state index in [2.05, 4.69) is 16.0 Å². The summed E-state index contributed by atoms with van der Waals surface area (Å²) in [6.45, 7) is 1.74.